The summed E-state index contributed by atoms with van der Waals surface area (Å²) in [4.78, 5) is 0. The standard InChI is InChI=1S/C15H30N2O2S/c1-3-15(8-4-5-9-15)13-16-11-14-7-6-10-17(12-14)20(2,18)19/h14,16H,3-13H2,1-2H3. The van der Waals surface area contributed by atoms with Gasteiger partial charge in [0.1, 0.15) is 0 Å². The molecule has 0 spiro atoms. The molecular formula is C15H30N2O2S. The topological polar surface area (TPSA) is 49.4 Å². The van der Waals surface area contributed by atoms with Crippen molar-refractivity contribution in [1.29, 1.82) is 0 Å². The molecule has 1 aliphatic carbocycles. The van der Waals surface area contributed by atoms with Crippen molar-refractivity contribution in [1.82, 2.24) is 9.62 Å². The van der Waals surface area contributed by atoms with Gasteiger partial charge in [-0.05, 0) is 50.0 Å². The van der Waals surface area contributed by atoms with Crippen LogP contribution in [0.4, 0.5) is 0 Å². The fraction of sp³-hybridized carbons (Fsp3) is 1.00. The molecule has 0 aromatic heterocycles. The number of rotatable bonds is 6. The highest BCUT2D eigenvalue weighted by Crippen LogP contribution is 2.40. The molecular weight excluding hydrogens is 272 g/mol. The lowest BCUT2D eigenvalue weighted by Crippen LogP contribution is -2.43. The van der Waals surface area contributed by atoms with Crippen molar-refractivity contribution in [3.8, 4) is 0 Å². The Morgan fingerprint density at radius 2 is 1.95 bits per heavy atom. The Labute approximate surface area is 124 Å². The van der Waals surface area contributed by atoms with Gasteiger partial charge in [0.2, 0.25) is 10.0 Å². The van der Waals surface area contributed by atoms with Gasteiger partial charge in [0, 0.05) is 19.6 Å². The molecule has 1 aliphatic heterocycles. The molecule has 1 heterocycles. The van der Waals surface area contributed by atoms with E-state index in [9.17, 15) is 8.42 Å². The number of piperidine rings is 1. The molecule has 5 heteroatoms. The maximum Gasteiger partial charge on any atom is 0.211 e. The van der Waals surface area contributed by atoms with Crippen LogP contribution in [0.2, 0.25) is 0 Å². The van der Waals surface area contributed by atoms with Gasteiger partial charge in [-0.15, -0.1) is 0 Å². The van der Waals surface area contributed by atoms with Crippen molar-refractivity contribution in [2.24, 2.45) is 11.3 Å². The minimum absolute atomic E-state index is 0.480. The van der Waals surface area contributed by atoms with Crippen LogP contribution in [0.15, 0.2) is 0 Å². The maximum absolute atomic E-state index is 11.6. The first-order chi connectivity index (χ1) is 9.45. The van der Waals surface area contributed by atoms with Crippen LogP contribution in [-0.4, -0.2) is 45.2 Å². The minimum Gasteiger partial charge on any atom is -0.316 e. The Morgan fingerprint density at radius 1 is 1.25 bits per heavy atom. The number of nitrogens with one attached hydrogen (secondary N) is 1. The van der Waals surface area contributed by atoms with Gasteiger partial charge in [0.15, 0.2) is 0 Å². The lowest BCUT2D eigenvalue weighted by molar-refractivity contribution is 0.231. The molecule has 1 saturated carbocycles. The quantitative estimate of drug-likeness (QED) is 0.818. The van der Waals surface area contributed by atoms with Gasteiger partial charge in [-0.3, -0.25) is 0 Å². The highest BCUT2D eigenvalue weighted by molar-refractivity contribution is 7.88. The molecule has 1 unspecified atom stereocenters. The first-order valence-corrected chi connectivity index (χ1v) is 9.96. The van der Waals surface area contributed by atoms with Gasteiger partial charge in [-0.1, -0.05) is 19.8 Å². The predicted molar refractivity (Wildman–Crippen MR) is 83.2 cm³/mol. The van der Waals surface area contributed by atoms with E-state index in [-0.39, 0.29) is 0 Å². The van der Waals surface area contributed by atoms with Crippen molar-refractivity contribution in [2.75, 3.05) is 32.4 Å². The summed E-state index contributed by atoms with van der Waals surface area (Å²) < 4.78 is 24.9. The molecule has 1 N–H and O–H groups in total. The third-order valence-electron chi connectivity index (χ3n) is 5.30. The van der Waals surface area contributed by atoms with Gasteiger partial charge in [0.25, 0.3) is 0 Å². The predicted octanol–water partition coefficient (Wildman–Crippen LogP) is 2.22. The van der Waals surface area contributed by atoms with Gasteiger partial charge < -0.3 is 5.32 Å². The second-order valence-corrected chi connectivity index (χ2v) is 8.80. The summed E-state index contributed by atoms with van der Waals surface area (Å²) in [6.45, 7) is 5.78. The van der Waals surface area contributed by atoms with Crippen LogP contribution in [0.5, 0.6) is 0 Å². The van der Waals surface area contributed by atoms with E-state index in [1.165, 1.54) is 38.4 Å². The summed E-state index contributed by atoms with van der Waals surface area (Å²) in [6, 6.07) is 0. The fourth-order valence-corrected chi connectivity index (χ4v) is 4.76. The number of sulfonamides is 1. The minimum atomic E-state index is -3.01. The zero-order valence-electron chi connectivity index (χ0n) is 13.0. The summed E-state index contributed by atoms with van der Waals surface area (Å²) in [5.41, 5.74) is 0.519. The molecule has 20 heavy (non-hydrogen) atoms. The molecule has 118 valence electrons. The van der Waals surface area contributed by atoms with Crippen LogP contribution >= 0.6 is 0 Å². The lowest BCUT2D eigenvalue weighted by atomic mass is 9.83. The summed E-state index contributed by atoms with van der Waals surface area (Å²) >= 11 is 0. The van der Waals surface area contributed by atoms with Crippen LogP contribution in [0, 0.1) is 11.3 Å². The maximum atomic E-state index is 11.6. The smallest absolute Gasteiger partial charge is 0.211 e. The van der Waals surface area contributed by atoms with Crippen LogP contribution in [0.3, 0.4) is 0 Å². The van der Waals surface area contributed by atoms with Crippen molar-refractivity contribution in [2.45, 2.75) is 51.9 Å². The third kappa shape index (κ3) is 4.18. The monoisotopic (exact) mass is 302 g/mol. The van der Waals surface area contributed by atoms with Crippen molar-refractivity contribution < 1.29 is 8.42 Å². The van der Waals surface area contributed by atoms with E-state index in [1.807, 2.05) is 0 Å². The molecule has 0 bridgehead atoms. The van der Waals surface area contributed by atoms with E-state index < -0.39 is 10.0 Å². The molecule has 4 nitrogen and oxygen atoms in total. The van der Waals surface area contributed by atoms with Gasteiger partial charge in [-0.2, -0.15) is 0 Å². The van der Waals surface area contributed by atoms with E-state index in [0.29, 0.717) is 24.4 Å². The molecule has 2 aliphatic rings. The first kappa shape index (κ1) is 16.2. The highest BCUT2D eigenvalue weighted by Gasteiger charge is 2.32. The highest BCUT2D eigenvalue weighted by atomic mass is 32.2. The average molecular weight is 302 g/mol. The van der Waals surface area contributed by atoms with E-state index in [4.69, 9.17) is 0 Å². The fourth-order valence-electron chi connectivity index (χ4n) is 3.82. The zero-order valence-corrected chi connectivity index (χ0v) is 13.8. The molecule has 0 amide bonds. The third-order valence-corrected chi connectivity index (χ3v) is 6.57. The molecule has 0 aromatic carbocycles. The Morgan fingerprint density at radius 3 is 2.55 bits per heavy atom. The summed E-state index contributed by atoms with van der Waals surface area (Å²) in [5, 5.41) is 3.64. The Hall–Kier alpha value is -0.130. The molecule has 0 radical (unpaired) electrons. The number of hydrogen-bond acceptors (Lipinski definition) is 3. The number of hydrogen-bond donors (Lipinski definition) is 1. The second-order valence-electron chi connectivity index (χ2n) is 6.82. The van der Waals surface area contributed by atoms with Gasteiger partial charge in [-0.25, -0.2) is 12.7 Å². The van der Waals surface area contributed by atoms with Crippen molar-refractivity contribution in [3.63, 3.8) is 0 Å². The van der Waals surface area contributed by atoms with Crippen LogP contribution < -0.4 is 5.32 Å². The summed E-state index contributed by atoms with van der Waals surface area (Å²) in [7, 11) is -3.01. The summed E-state index contributed by atoms with van der Waals surface area (Å²) in [5.74, 6) is 0.480. The largest absolute Gasteiger partial charge is 0.316 e. The second kappa shape index (κ2) is 6.75. The van der Waals surface area contributed by atoms with Crippen molar-refractivity contribution >= 4 is 10.0 Å². The van der Waals surface area contributed by atoms with Crippen LogP contribution in [-0.2, 0) is 10.0 Å². The normalized spacial score (nSPS) is 27.8. The lowest BCUT2D eigenvalue weighted by Gasteiger charge is -2.33. The van der Waals surface area contributed by atoms with Gasteiger partial charge >= 0.3 is 0 Å². The average Bonchev–Trinajstić information content (AvgIpc) is 2.88. The molecule has 0 aromatic rings. The van der Waals surface area contributed by atoms with E-state index in [1.54, 1.807) is 4.31 Å². The molecule has 1 saturated heterocycles. The van der Waals surface area contributed by atoms with E-state index in [0.717, 1.165) is 25.9 Å². The molecule has 1 atom stereocenters. The SMILES string of the molecule is CCC1(CNCC2CCCN(S(C)(=O)=O)C2)CCCC1. The zero-order chi connectivity index (χ0) is 14.6. The first-order valence-electron chi connectivity index (χ1n) is 8.11. The molecule has 2 fully saturated rings. The Balaban J connectivity index is 1.76. The van der Waals surface area contributed by atoms with Crippen LogP contribution in [0.25, 0.3) is 0 Å². The van der Waals surface area contributed by atoms with Gasteiger partial charge in [0.05, 0.1) is 6.26 Å². The van der Waals surface area contributed by atoms with E-state index >= 15 is 0 Å². The van der Waals surface area contributed by atoms with E-state index in [2.05, 4.69) is 12.2 Å². The number of nitrogens with zero attached hydrogens (tertiary/aromatic N) is 1. The Kier molecular flexibility index (Phi) is 5.49. The van der Waals surface area contributed by atoms with Crippen molar-refractivity contribution in [3.05, 3.63) is 0 Å². The molecule has 2 rings (SSSR count). The van der Waals surface area contributed by atoms with Crippen LogP contribution in [0.1, 0.15) is 51.9 Å². The summed E-state index contributed by atoms with van der Waals surface area (Å²) in [6.07, 6.45) is 10.2. The Bertz CT molecular complexity index is 402.